The summed E-state index contributed by atoms with van der Waals surface area (Å²) in [5.41, 5.74) is -0.108. The van der Waals surface area contributed by atoms with Gasteiger partial charge in [0.25, 0.3) is 0 Å². The van der Waals surface area contributed by atoms with Gasteiger partial charge in [-0.2, -0.15) is 0 Å². The Kier molecular flexibility index (Phi) is 4.34. The molecule has 1 aliphatic rings. The normalized spacial score (nSPS) is 18.0. The average Bonchev–Trinajstić information content (AvgIpc) is 3.05. The van der Waals surface area contributed by atoms with Gasteiger partial charge in [-0.3, -0.25) is 0 Å². The summed E-state index contributed by atoms with van der Waals surface area (Å²) in [4.78, 5) is 24.2. The van der Waals surface area contributed by atoms with Gasteiger partial charge in [0.1, 0.15) is 6.61 Å². The molecule has 0 spiro atoms. The number of rotatable bonds is 5. The number of nitrogens with zero attached hydrogens (tertiary/aromatic N) is 4. The first kappa shape index (κ1) is 14.0. The number of aromatic carboxylic acids is 1. The number of carboxylic acids is 1. The summed E-state index contributed by atoms with van der Waals surface area (Å²) < 4.78 is 6.45. The summed E-state index contributed by atoms with van der Waals surface area (Å²) >= 11 is 0. The summed E-state index contributed by atoms with van der Waals surface area (Å²) in [5.74, 6) is -1.12. The average molecular weight is 280 g/mol. The third-order valence-electron chi connectivity index (χ3n) is 3.09. The molecule has 20 heavy (non-hydrogen) atoms. The van der Waals surface area contributed by atoms with Crippen molar-refractivity contribution < 1.29 is 19.4 Å². The molecule has 2 heterocycles. The molecule has 0 saturated carbocycles. The van der Waals surface area contributed by atoms with Crippen molar-refractivity contribution in [3.63, 3.8) is 0 Å². The molecule has 0 aromatic carbocycles. The quantitative estimate of drug-likeness (QED) is 0.800. The van der Waals surface area contributed by atoms with Gasteiger partial charge in [0.05, 0.1) is 18.8 Å². The summed E-state index contributed by atoms with van der Waals surface area (Å²) in [6, 6.07) is -0.0596. The Morgan fingerprint density at radius 2 is 2.40 bits per heavy atom. The first-order chi connectivity index (χ1) is 9.61. The van der Waals surface area contributed by atoms with Crippen molar-refractivity contribution in [2.24, 2.45) is 0 Å². The molecule has 8 nitrogen and oxygen atoms in total. The molecule has 1 fully saturated rings. The highest BCUT2D eigenvalue weighted by Gasteiger charge is 2.30. The maximum absolute atomic E-state index is 11.8. The Morgan fingerprint density at radius 3 is 3.05 bits per heavy atom. The van der Waals surface area contributed by atoms with Crippen molar-refractivity contribution in [1.29, 1.82) is 0 Å². The van der Waals surface area contributed by atoms with E-state index >= 15 is 0 Å². The molecule has 1 N–H and O–H groups in total. The molecule has 1 saturated heterocycles. The van der Waals surface area contributed by atoms with Crippen LogP contribution in [0.5, 0.6) is 0 Å². The smallest absolute Gasteiger partial charge is 0.410 e. The van der Waals surface area contributed by atoms with Gasteiger partial charge in [0.15, 0.2) is 5.69 Å². The zero-order chi connectivity index (χ0) is 14.5. The Morgan fingerprint density at radius 1 is 1.60 bits per heavy atom. The van der Waals surface area contributed by atoms with Crippen molar-refractivity contribution in [3.05, 3.63) is 24.5 Å². The van der Waals surface area contributed by atoms with Crippen LogP contribution in [0.2, 0.25) is 0 Å². The predicted octanol–water partition coefficient (Wildman–Crippen LogP) is 0.763. The van der Waals surface area contributed by atoms with Gasteiger partial charge in [-0.05, 0) is 12.8 Å². The Labute approximate surface area is 115 Å². The monoisotopic (exact) mass is 280 g/mol. The Hall–Kier alpha value is -2.38. The molecular weight excluding hydrogens is 264 g/mol. The number of carbonyl (C=O) groups excluding carboxylic acids is 1. The van der Waals surface area contributed by atoms with E-state index in [-0.39, 0.29) is 24.4 Å². The summed E-state index contributed by atoms with van der Waals surface area (Å²) in [6.45, 7) is 4.70. The summed E-state index contributed by atoms with van der Waals surface area (Å²) in [7, 11) is 0. The van der Waals surface area contributed by atoms with E-state index in [1.165, 1.54) is 17.0 Å². The molecule has 0 bridgehead atoms. The van der Waals surface area contributed by atoms with Crippen LogP contribution < -0.4 is 0 Å². The molecule has 1 unspecified atom stereocenters. The van der Waals surface area contributed by atoms with Crippen LogP contribution >= 0.6 is 0 Å². The Balaban J connectivity index is 1.98. The van der Waals surface area contributed by atoms with Crippen molar-refractivity contribution in [1.82, 2.24) is 19.9 Å². The second kappa shape index (κ2) is 6.18. The zero-order valence-corrected chi connectivity index (χ0v) is 10.9. The van der Waals surface area contributed by atoms with E-state index in [9.17, 15) is 9.59 Å². The van der Waals surface area contributed by atoms with E-state index in [2.05, 4.69) is 16.9 Å². The standard InChI is InChI=1S/C12H16N4O4/c1-2-6-20-12(19)16-5-3-4-9(16)7-15-8-10(11(17)18)13-14-15/h2,8-9H,1,3-7H2,(H,17,18). The number of likely N-dealkylation sites (tertiary alicyclic amines) is 1. The molecule has 0 aliphatic carbocycles. The summed E-state index contributed by atoms with van der Waals surface area (Å²) in [6.07, 6.45) is 4.19. The fourth-order valence-electron chi connectivity index (χ4n) is 2.18. The molecule has 1 atom stereocenters. The maximum Gasteiger partial charge on any atom is 0.410 e. The third kappa shape index (κ3) is 3.14. The minimum absolute atomic E-state index is 0.0596. The molecule has 1 aromatic heterocycles. The van der Waals surface area contributed by atoms with Crippen LogP contribution in [0, 0.1) is 0 Å². The van der Waals surface area contributed by atoms with Crippen LogP contribution in [0.25, 0.3) is 0 Å². The largest absolute Gasteiger partial charge is 0.476 e. The molecule has 1 aliphatic heterocycles. The van der Waals surface area contributed by atoms with Gasteiger partial charge in [0, 0.05) is 6.54 Å². The highest BCUT2D eigenvalue weighted by Crippen LogP contribution is 2.19. The van der Waals surface area contributed by atoms with Crippen molar-refractivity contribution in [3.8, 4) is 0 Å². The van der Waals surface area contributed by atoms with Crippen LogP contribution in [-0.4, -0.2) is 56.3 Å². The van der Waals surface area contributed by atoms with Crippen LogP contribution in [0.3, 0.4) is 0 Å². The van der Waals surface area contributed by atoms with E-state index in [0.29, 0.717) is 13.1 Å². The predicted molar refractivity (Wildman–Crippen MR) is 68.3 cm³/mol. The molecule has 1 amide bonds. The number of ether oxygens (including phenoxy) is 1. The van der Waals surface area contributed by atoms with E-state index < -0.39 is 5.97 Å². The lowest BCUT2D eigenvalue weighted by Crippen LogP contribution is -2.38. The lowest BCUT2D eigenvalue weighted by molar-refractivity contribution is 0.0690. The van der Waals surface area contributed by atoms with Crippen molar-refractivity contribution in [2.45, 2.75) is 25.4 Å². The number of hydrogen-bond acceptors (Lipinski definition) is 5. The van der Waals surface area contributed by atoms with Gasteiger partial charge < -0.3 is 14.7 Å². The van der Waals surface area contributed by atoms with Crippen LogP contribution in [-0.2, 0) is 11.3 Å². The van der Waals surface area contributed by atoms with Gasteiger partial charge >= 0.3 is 12.1 Å². The number of amides is 1. The number of aromatic nitrogens is 3. The maximum atomic E-state index is 11.8. The van der Waals surface area contributed by atoms with Gasteiger partial charge in [-0.25, -0.2) is 14.3 Å². The van der Waals surface area contributed by atoms with Gasteiger partial charge in [-0.15, -0.1) is 5.10 Å². The second-order valence-corrected chi connectivity index (χ2v) is 4.49. The zero-order valence-electron chi connectivity index (χ0n) is 10.9. The van der Waals surface area contributed by atoms with E-state index in [1.807, 2.05) is 0 Å². The number of carbonyl (C=O) groups is 2. The minimum atomic E-state index is -1.12. The van der Waals surface area contributed by atoms with Crippen LogP contribution in [0.1, 0.15) is 23.3 Å². The van der Waals surface area contributed by atoms with Crippen molar-refractivity contribution >= 4 is 12.1 Å². The van der Waals surface area contributed by atoms with Crippen LogP contribution in [0.15, 0.2) is 18.9 Å². The Bertz CT molecular complexity index is 513. The first-order valence-corrected chi connectivity index (χ1v) is 6.29. The molecule has 2 rings (SSSR count). The molecule has 0 radical (unpaired) electrons. The first-order valence-electron chi connectivity index (χ1n) is 6.29. The van der Waals surface area contributed by atoms with E-state index in [4.69, 9.17) is 9.84 Å². The van der Waals surface area contributed by atoms with Gasteiger partial charge in [-0.1, -0.05) is 17.9 Å². The number of hydrogen-bond donors (Lipinski definition) is 1. The molecular formula is C12H16N4O4. The lowest BCUT2D eigenvalue weighted by atomic mass is 10.2. The molecule has 108 valence electrons. The fraction of sp³-hybridized carbons (Fsp3) is 0.500. The highest BCUT2D eigenvalue weighted by molar-refractivity contribution is 5.84. The molecule has 8 heteroatoms. The topological polar surface area (TPSA) is 97.5 Å². The van der Waals surface area contributed by atoms with E-state index in [1.54, 1.807) is 4.90 Å². The highest BCUT2D eigenvalue weighted by atomic mass is 16.6. The second-order valence-electron chi connectivity index (χ2n) is 4.49. The fourth-order valence-corrected chi connectivity index (χ4v) is 2.18. The van der Waals surface area contributed by atoms with E-state index in [0.717, 1.165) is 12.8 Å². The summed E-state index contributed by atoms with van der Waals surface area (Å²) in [5, 5.41) is 16.1. The van der Waals surface area contributed by atoms with Crippen LogP contribution in [0.4, 0.5) is 4.79 Å². The van der Waals surface area contributed by atoms with Crippen molar-refractivity contribution in [2.75, 3.05) is 13.2 Å². The third-order valence-corrected chi connectivity index (χ3v) is 3.09. The minimum Gasteiger partial charge on any atom is -0.476 e. The number of carboxylic acid groups (broad SMARTS) is 1. The SMILES string of the molecule is C=CCOC(=O)N1CCCC1Cn1cc(C(=O)O)nn1. The molecule has 1 aromatic rings. The lowest BCUT2D eigenvalue weighted by Gasteiger charge is -2.23. The van der Waals surface area contributed by atoms with Gasteiger partial charge in [0.2, 0.25) is 0 Å².